The summed E-state index contributed by atoms with van der Waals surface area (Å²) < 4.78 is 15.9. The second-order valence-electron chi connectivity index (χ2n) is 6.01. The summed E-state index contributed by atoms with van der Waals surface area (Å²) in [7, 11) is 3.18. The Balaban J connectivity index is 1.49. The molecule has 140 valence electrons. The van der Waals surface area contributed by atoms with Crippen LogP contribution in [0.5, 0.6) is 11.5 Å². The van der Waals surface area contributed by atoms with Crippen molar-refractivity contribution in [2.75, 3.05) is 26.1 Å². The van der Waals surface area contributed by atoms with Crippen LogP contribution >= 0.6 is 0 Å². The Morgan fingerprint density at radius 3 is 2.93 bits per heavy atom. The average molecular weight is 368 g/mol. The summed E-state index contributed by atoms with van der Waals surface area (Å²) in [6.07, 6.45) is 2.45. The zero-order valence-electron chi connectivity index (χ0n) is 15.2. The number of hydrogen-bond acceptors (Lipinski definition) is 9. The van der Waals surface area contributed by atoms with Gasteiger partial charge in [0.2, 0.25) is 11.7 Å². The van der Waals surface area contributed by atoms with E-state index < -0.39 is 0 Å². The van der Waals surface area contributed by atoms with Crippen molar-refractivity contribution in [3.8, 4) is 22.9 Å². The fourth-order valence-corrected chi connectivity index (χ4v) is 3.01. The van der Waals surface area contributed by atoms with Crippen LogP contribution < -0.4 is 20.1 Å². The molecule has 0 saturated carbocycles. The molecule has 1 aliphatic rings. The largest absolute Gasteiger partial charge is 0.493 e. The molecular weight excluding hydrogens is 348 g/mol. The van der Waals surface area contributed by atoms with E-state index in [1.54, 1.807) is 20.5 Å². The fourth-order valence-electron chi connectivity index (χ4n) is 3.01. The zero-order valence-corrected chi connectivity index (χ0v) is 15.2. The topological polar surface area (TPSA) is 107 Å². The lowest BCUT2D eigenvalue weighted by molar-refractivity contribution is 0.355. The van der Waals surface area contributed by atoms with Gasteiger partial charge in [0.1, 0.15) is 12.1 Å². The van der Waals surface area contributed by atoms with Crippen molar-refractivity contribution in [1.29, 1.82) is 0 Å². The van der Waals surface area contributed by atoms with Gasteiger partial charge in [-0.15, -0.1) is 0 Å². The Morgan fingerprint density at radius 2 is 2.07 bits per heavy atom. The number of nitrogens with one attached hydrogen (secondary N) is 2. The molecule has 1 aliphatic heterocycles. The number of ether oxygens (including phenoxy) is 2. The number of aromatic nitrogens is 4. The molecule has 3 aromatic rings. The van der Waals surface area contributed by atoms with Crippen LogP contribution in [0, 0.1) is 0 Å². The van der Waals surface area contributed by atoms with Gasteiger partial charge in [-0.1, -0.05) is 5.16 Å². The summed E-state index contributed by atoms with van der Waals surface area (Å²) in [6.45, 7) is 2.06. The first-order valence-corrected chi connectivity index (χ1v) is 8.61. The van der Waals surface area contributed by atoms with Crippen LogP contribution in [-0.2, 0) is 19.5 Å². The van der Waals surface area contributed by atoms with Gasteiger partial charge in [0, 0.05) is 17.7 Å². The second-order valence-corrected chi connectivity index (χ2v) is 6.01. The molecule has 3 heterocycles. The fraction of sp³-hybridized carbons (Fsp3) is 0.333. The summed E-state index contributed by atoms with van der Waals surface area (Å²) in [4.78, 5) is 13.1. The van der Waals surface area contributed by atoms with Gasteiger partial charge in [-0.25, -0.2) is 9.97 Å². The number of methoxy groups -OCH3 is 2. The van der Waals surface area contributed by atoms with Gasteiger partial charge in [0.15, 0.2) is 11.5 Å². The molecule has 0 aliphatic carbocycles. The first-order valence-electron chi connectivity index (χ1n) is 8.61. The zero-order chi connectivity index (χ0) is 18.6. The molecule has 9 heteroatoms. The van der Waals surface area contributed by atoms with Gasteiger partial charge < -0.3 is 24.6 Å². The van der Waals surface area contributed by atoms with E-state index in [-0.39, 0.29) is 0 Å². The maximum Gasteiger partial charge on any atom is 0.246 e. The standard InChI is InChI=1S/C18H20N6O3/c1-25-14-4-3-11(7-15(14)26-2)17-23-16(27-24-17)9-20-18-12-5-6-19-8-13(12)21-10-22-18/h3-4,7,10,19H,5-6,8-9H2,1-2H3,(H,20,21,22). The highest BCUT2D eigenvalue weighted by Gasteiger charge is 2.16. The van der Waals surface area contributed by atoms with Gasteiger partial charge in [-0.05, 0) is 31.2 Å². The van der Waals surface area contributed by atoms with Crippen LogP contribution in [0.4, 0.5) is 5.82 Å². The molecule has 0 radical (unpaired) electrons. The Hall–Kier alpha value is -3.20. The van der Waals surface area contributed by atoms with Crippen LogP contribution in [0.25, 0.3) is 11.4 Å². The molecule has 9 nitrogen and oxygen atoms in total. The first kappa shape index (κ1) is 17.2. The summed E-state index contributed by atoms with van der Waals surface area (Å²) in [5.41, 5.74) is 2.94. The van der Waals surface area contributed by atoms with Crippen LogP contribution in [0.2, 0.25) is 0 Å². The van der Waals surface area contributed by atoms with Crippen molar-refractivity contribution in [1.82, 2.24) is 25.4 Å². The molecule has 0 fully saturated rings. The first-order chi connectivity index (χ1) is 13.3. The number of anilines is 1. The molecule has 0 atom stereocenters. The highest BCUT2D eigenvalue weighted by molar-refractivity contribution is 5.60. The van der Waals surface area contributed by atoms with E-state index in [0.717, 1.165) is 42.1 Å². The van der Waals surface area contributed by atoms with E-state index in [0.29, 0.717) is 29.8 Å². The Bertz CT molecular complexity index is 943. The van der Waals surface area contributed by atoms with Crippen LogP contribution in [0.15, 0.2) is 29.0 Å². The highest BCUT2D eigenvalue weighted by Crippen LogP contribution is 2.31. The minimum atomic E-state index is 0.386. The number of benzene rings is 1. The van der Waals surface area contributed by atoms with E-state index in [1.165, 1.54) is 0 Å². The molecule has 0 spiro atoms. The molecule has 0 bridgehead atoms. The van der Waals surface area contributed by atoms with E-state index in [2.05, 4.69) is 30.7 Å². The molecule has 27 heavy (non-hydrogen) atoms. The Labute approximate surface area is 156 Å². The third-order valence-electron chi connectivity index (χ3n) is 4.40. The van der Waals surface area contributed by atoms with Crippen molar-refractivity contribution >= 4 is 5.82 Å². The van der Waals surface area contributed by atoms with Crippen molar-refractivity contribution in [2.45, 2.75) is 19.5 Å². The van der Waals surface area contributed by atoms with Crippen LogP contribution in [-0.4, -0.2) is 40.9 Å². The van der Waals surface area contributed by atoms with Crippen molar-refractivity contribution < 1.29 is 14.0 Å². The SMILES string of the molecule is COc1ccc(-c2noc(CNc3ncnc4c3CCNC4)n2)cc1OC. The maximum atomic E-state index is 5.36. The smallest absolute Gasteiger partial charge is 0.246 e. The summed E-state index contributed by atoms with van der Waals surface area (Å²) >= 11 is 0. The van der Waals surface area contributed by atoms with Gasteiger partial charge in [-0.2, -0.15) is 4.98 Å². The van der Waals surface area contributed by atoms with Crippen LogP contribution in [0.1, 0.15) is 17.1 Å². The maximum absolute atomic E-state index is 5.36. The molecule has 0 unspecified atom stereocenters. The van der Waals surface area contributed by atoms with E-state index in [4.69, 9.17) is 14.0 Å². The van der Waals surface area contributed by atoms with Gasteiger partial charge in [0.25, 0.3) is 0 Å². The number of hydrogen-bond donors (Lipinski definition) is 2. The summed E-state index contributed by atoms with van der Waals surface area (Å²) in [6, 6.07) is 5.48. The van der Waals surface area contributed by atoms with Gasteiger partial charge in [0.05, 0.1) is 26.5 Å². The second kappa shape index (κ2) is 7.58. The Kier molecular flexibility index (Phi) is 4.84. The minimum absolute atomic E-state index is 0.386. The predicted octanol–water partition coefficient (Wildman–Crippen LogP) is 1.80. The molecule has 1 aromatic carbocycles. The number of fused-ring (bicyclic) bond motifs is 1. The van der Waals surface area contributed by atoms with E-state index in [1.807, 2.05) is 18.2 Å². The lowest BCUT2D eigenvalue weighted by atomic mass is 10.1. The van der Waals surface area contributed by atoms with Crippen LogP contribution in [0.3, 0.4) is 0 Å². The lowest BCUT2D eigenvalue weighted by Gasteiger charge is -2.18. The number of nitrogens with zero attached hydrogens (tertiary/aromatic N) is 4. The highest BCUT2D eigenvalue weighted by atomic mass is 16.5. The predicted molar refractivity (Wildman–Crippen MR) is 97.6 cm³/mol. The molecule has 0 saturated heterocycles. The van der Waals surface area contributed by atoms with E-state index >= 15 is 0 Å². The minimum Gasteiger partial charge on any atom is -0.493 e. The van der Waals surface area contributed by atoms with Gasteiger partial charge in [-0.3, -0.25) is 0 Å². The molecule has 0 amide bonds. The summed E-state index contributed by atoms with van der Waals surface area (Å²) in [5.74, 6) is 3.03. The van der Waals surface area contributed by atoms with E-state index in [9.17, 15) is 0 Å². The van der Waals surface area contributed by atoms with Gasteiger partial charge >= 0.3 is 0 Å². The molecule has 2 aromatic heterocycles. The van der Waals surface area contributed by atoms with Crippen molar-refractivity contribution in [3.05, 3.63) is 41.7 Å². The average Bonchev–Trinajstić information content (AvgIpc) is 3.20. The third kappa shape index (κ3) is 3.54. The molecular formula is C18H20N6O3. The quantitative estimate of drug-likeness (QED) is 0.673. The Morgan fingerprint density at radius 1 is 1.19 bits per heavy atom. The molecule has 4 rings (SSSR count). The lowest BCUT2D eigenvalue weighted by Crippen LogP contribution is -2.26. The van der Waals surface area contributed by atoms with Crippen molar-refractivity contribution in [2.24, 2.45) is 0 Å². The molecule has 2 N–H and O–H groups in total. The third-order valence-corrected chi connectivity index (χ3v) is 4.40. The monoisotopic (exact) mass is 368 g/mol. The summed E-state index contributed by atoms with van der Waals surface area (Å²) in [5, 5.41) is 10.6. The normalized spacial score (nSPS) is 13.1. The number of rotatable bonds is 6. The van der Waals surface area contributed by atoms with Crippen molar-refractivity contribution in [3.63, 3.8) is 0 Å².